The Morgan fingerprint density at radius 3 is 2.10 bits per heavy atom. The number of hydrogen-bond donors (Lipinski definition) is 0. The molecule has 112 valence electrons. The molecule has 0 radical (unpaired) electrons. The van der Waals surface area contributed by atoms with Crippen LogP contribution in [0.1, 0.15) is 29.8 Å². The van der Waals surface area contributed by atoms with Crippen LogP contribution < -0.4 is 9.47 Å². The van der Waals surface area contributed by atoms with Crippen LogP contribution in [0.3, 0.4) is 0 Å². The second kappa shape index (κ2) is 6.59. The van der Waals surface area contributed by atoms with Gasteiger partial charge in [0.15, 0.2) is 6.29 Å². The van der Waals surface area contributed by atoms with E-state index in [1.54, 1.807) is 14.2 Å². The lowest BCUT2D eigenvalue weighted by Crippen LogP contribution is -2.08. The normalized spacial score (nSPS) is 10.9. The lowest BCUT2D eigenvalue weighted by molar-refractivity contribution is 0.0638. The Bertz CT molecular complexity index is 647. The summed E-state index contributed by atoms with van der Waals surface area (Å²) in [5.74, 6) is 1.22. The van der Waals surface area contributed by atoms with Gasteiger partial charge in [-0.3, -0.25) is 4.79 Å². The Morgan fingerprint density at radius 1 is 1.05 bits per heavy atom. The van der Waals surface area contributed by atoms with Crippen LogP contribution in [0.15, 0.2) is 24.3 Å². The summed E-state index contributed by atoms with van der Waals surface area (Å²) in [4.78, 5) is 11.6. The molecule has 2 aromatic rings. The highest BCUT2D eigenvalue weighted by Gasteiger charge is 2.20. The molecule has 2 rings (SSSR count). The summed E-state index contributed by atoms with van der Waals surface area (Å²) in [6.45, 7) is 4.20. The summed E-state index contributed by atoms with van der Waals surface area (Å²) in [6.07, 6.45) is 0.860. The van der Waals surface area contributed by atoms with E-state index in [4.69, 9.17) is 14.2 Å². The minimum absolute atomic E-state index is 0.0617. The highest BCUT2D eigenvalue weighted by Crippen LogP contribution is 2.40. The molecule has 4 nitrogen and oxygen atoms in total. The van der Waals surface area contributed by atoms with Crippen LogP contribution in [0.5, 0.6) is 11.5 Å². The van der Waals surface area contributed by atoms with Gasteiger partial charge in [-0.1, -0.05) is 24.3 Å². The van der Waals surface area contributed by atoms with Gasteiger partial charge in [0, 0.05) is 16.3 Å². The first kappa shape index (κ1) is 15.3. The highest BCUT2D eigenvalue weighted by atomic mass is 16.5. The van der Waals surface area contributed by atoms with Crippen molar-refractivity contribution < 1.29 is 19.0 Å². The number of aldehydes is 1. The second-order valence-corrected chi connectivity index (χ2v) is 4.98. The maximum Gasteiger partial charge on any atom is 0.154 e. The Labute approximate surface area is 124 Å². The van der Waals surface area contributed by atoms with Crippen LogP contribution in [-0.2, 0) is 11.3 Å². The van der Waals surface area contributed by atoms with Gasteiger partial charge in [0.2, 0.25) is 0 Å². The van der Waals surface area contributed by atoms with Crippen molar-refractivity contribution in [3.63, 3.8) is 0 Å². The molecule has 0 heterocycles. The van der Waals surface area contributed by atoms with Gasteiger partial charge < -0.3 is 14.2 Å². The van der Waals surface area contributed by atoms with Crippen molar-refractivity contribution in [1.82, 2.24) is 0 Å². The lowest BCUT2D eigenvalue weighted by atomic mass is 9.98. The monoisotopic (exact) mass is 288 g/mol. The van der Waals surface area contributed by atoms with Crippen LogP contribution in [-0.4, -0.2) is 26.6 Å². The number of benzene rings is 2. The average molecular weight is 288 g/mol. The van der Waals surface area contributed by atoms with Gasteiger partial charge in [0.1, 0.15) is 11.5 Å². The number of ether oxygens (including phenoxy) is 3. The molecular weight excluding hydrogens is 268 g/mol. The average Bonchev–Trinajstić information content (AvgIpc) is 2.50. The zero-order valence-electron chi connectivity index (χ0n) is 12.8. The minimum Gasteiger partial charge on any atom is -0.496 e. The van der Waals surface area contributed by atoms with Gasteiger partial charge in [-0.05, 0) is 13.8 Å². The fraction of sp³-hybridized carbons (Fsp3) is 0.353. The first-order chi connectivity index (χ1) is 10.1. The van der Waals surface area contributed by atoms with E-state index in [-0.39, 0.29) is 6.10 Å². The summed E-state index contributed by atoms with van der Waals surface area (Å²) < 4.78 is 16.7. The third kappa shape index (κ3) is 2.85. The summed E-state index contributed by atoms with van der Waals surface area (Å²) in [6, 6.07) is 7.70. The van der Waals surface area contributed by atoms with Gasteiger partial charge in [-0.2, -0.15) is 0 Å². The Balaban J connectivity index is 2.76. The van der Waals surface area contributed by atoms with E-state index in [0.29, 0.717) is 23.7 Å². The maximum absolute atomic E-state index is 11.6. The van der Waals surface area contributed by atoms with Crippen LogP contribution in [0, 0.1) is 0 Å². The molecule has 21 heavy (non-hydrogen) atoms. The van der Waals surface area contributed by atoms with Crippen LogP contribution in [0.2, 0.25) is 0 Å². The quantitative estimate of drug-likeness (QED) is 0.762. The van der Waals surface area contributed by atoms with E-state index in [1.807, 2.05) is 38.1 Å². The predicted octanol–water partition coefficient (Wildman–Crippen LogP) is 3.59. The number of rotatable bonds is 6. The largest absolute Gasteiger partial charge is 0.496 e. The molecule has 0 amide bonds. The van der Waals surface area contributed by atoms with Crippen LogP contribution >= 0.6 is 0 Å². The first-order valence-corrected chi connectivity index (χ1v) is 6.86. The van der Waals surface area contributed by atoms with Crippen LogP contribution in [0.4, 0.5) is 0 Å². The van der Waals surface area contributed by atoms with E-state index >= 15 is 0 Å². The molecular formula is C17H20O4. The Morgan fingerprint density at radius 2 is 1.62 bits per heavy atom. The molecule has 0 aliphatic heterocycles. The smallest absolute Gasteiger partial charge is 0.154 e. The lowest BCUT2D eigenvalue weighted by Gasteiger charge is -2.19. The molecule has 0 unspecified atom stereocenters. The Hall–Kier alpha value is -2.07. The molecule has 0 N–H and O–H groups in total. The van der Waals surface area contributed by atoms with Gasteiger partial charge in [0.25, 0.3) is 0 Å². The third-order valence-corrected chi connectivity index (χ3v) is 3.35. The van der Waals surface area contributed by atoms with E-state index in [2.05, 4.69) is 0 Å². The van der Waals surface area contributed by atoms with Crippen molar-refractivity contribution in [2.45, 2.75) is 26.6 Å². The third-order valence-electron chi connectivity index (χ3n) is 3.35. The number of methoxy groups -OCH3 is 2. The standard InChI is InChI=1S/C17H20O4/c1-11(2)21-10-15-14(9-18)16(19-3)12-7-5-6-8-13(12)17(15)20-4/h5-9,11H,10H2,1-4H3. The van der Waals surface area contributed by atoms with E-state index in [1.165, 1.54) is 0 Å². The molecule has 0 saturated heterocycles. The molecule has 0 aromatic heterocycles. The van der Waals surface area contributed by atoms with E-state index in [0.717, 1.165) is 22.6 Å². The van der Waals surface area contributed by atoms with Gasteiger partial charge in [-0.15, -0.1) is 0 Å². The summed E-state index contributed by atoms with van der Waals surface area (Å²) >= 11 is 0. The number of hydrogen-bond acceptors (Lipinski definition) is 4. The number of fused-ring (bicyclic) bond motifs is 1. The fourth-order valence-electron chi connectivity index (χ4n) is 2.42. The van der Waals surface area contributed by atoms with Gasteiger partial charge >= 0.3 is 0 Å². The molecule has 4 heteroatoms. The van der Waals surface area contributed by atoms with E-state index < -0.39 is 0 Å². The van der Waals surface area contributed by atoms with Crippen molar-refractivity contribution in [3.05, 3.63) is 35.4 Å². The molecule has 0 aliphatic rings. The molecule has 0 saturated carbocycles. The van der Waals surface area contributed by atoms with Crippen molar-refractivity contribution >= 4 is 17.1 Å². The van der Waals surface area contributed by atoms with Crippen molar-refractivity contribution in [1.29, 1.82) is 0 Å². The summed E-state index contributed by atoms with van der Waals surface area (Å²) in [5.41, 5.74) is 1.20. The second-order valence-electron chi connectivity index (χ2n) is 4.98. The van der Waals surface area contributed by atoms with Crippen molar-refractivity contribution in [3.8, 4) is 11.5 Å². The van der Waals surface area contributed by atoms with Crippen LogP contribution in [0.25, 0.3) is 10.8 Å². The number of carbonyl (C=O) groups excluding carboxylic acids is 1. The van der Waals surface area contributed by atoms with Crippen molar-refractivity contribution in [2.75, 3.05) is 14.2 Å². The van der Waals surface area contributed by atoms with Gasteiger partial charge in [-0.25, -0.2) is 0 Å². The zero-order valence-corrected chi connectivity index (χ0v) is 12.8. The maximum atomic E-state index is 11.6. The molecule has 0 bridgehead atoms. The van der Waals surface area contributed by atoms with Crippen molar-refractivity contribution in [2.24, 2.45) is 0 Å². The predicted molar refractivity (Wildman–Crippen MR) is 82.4 cm³/mol. The highest BCUT2D eigenvalue weighted by molar-refractivity contribution is 6.01. The van der Waals surface area contributed by atoms with Gasteiger partial charge in [0.05, 0.1) is 32.5 Å². The topological polar surface area (TPSA) is 44.8 Å². The fourth-order valence-corrected chi connectivity index (χ4v) is 2.42. The SMILES string of the molecule is COc1c(C=O)c(COC(C)C)c(OC)c2ccccc12. The Kier molecular flexibility index (Phi) is 4.81. The zero-order chi connectivity index (χ0) is 15.4. The molecule has 0 atom stereocenters. The summed E-state index contributed by atoms with van der Waals surface area (Å²) in [5, 5.41) is 1.76. The minimum atomic E-state index is 0.0617. The molecule has 0 aliphatic carbocycles. The first-order valence-electron chi connectivity index (χ1n) is 6.86. The summed E-state index contributed by atoms with van der Waals surface area (Å²) in [7, 11) is 3.16. The molecule has 2 aromatic carbocycles. The molecule has 0 spiro atoms. The van der Waals surface area contributed by atoms with E-state index in [9.17, 15) is 4.79 Å². The number of carbonyl (C=O) groups is 1. The molecule has 0 fully saturated rings.